The molecule has 0 radical (unpaired) electrons. The number of carboxylic acid groups (broad SMARTS) is 1. The Morgan fingerprint density at radius 1 is 1.47 bits per heavy atom. The van der Waals surface area contributed by atoms with E-state index in [2.05, 4.69) is 13.5 Å². The first kappa shape index (κ1) is 18.5. The third-order valence-corrected chi connectivity index (χ3v) is 2.69. The maximum Gasteiger partial charge on any atom is 2.00 e. The summed E-state index contributed by atoms with van der Waals surface area (Å²) in [6.07, 6.45) is 5.51. The van der Waals surface area contributed by atoms with Crippen LogP contribution in [0.2, 0.25) is 0 Å². The number of benzene rings is 1. The average Bonchev–Trinajstić information content (AvgIpc) is 2.36. The van der Waals surface area contributed by atoms with Crippen LogP contribution < -0.4 is 4.74 Å². The van der Waals surface area contributed by atoms with Crippen LogP contribution in [0, 0.1) is 0 Å². The molecule has 1 N–H and O–H groups in total. The van der Waals surface area contributed by atoms with E-state index in [9.17, 15) is 4.79 Å². The summed E-state index contributed by atoms with van der Waals surface area (Å²) in [6, 6.07) is 5.19. The van der Waals surface area contributed by atoms with Gasteiger partial charge in [0.15, 0.2) is 0 Å². The van der Waals surface area contributed by atoms with E-state index in [1.54, 1.807) is 18.2 Å². The number of allylic oxidation sites excluding steroid dienone is 1. The van der Waals surface area contributed by atoms with Crippen LogP contribution in [0.25, 0.3) is 0 Å². The summed E-state index contributed by atoms with van der Waals surface area (Å²) < 4.78 is 5.66. The molecular weight excluding hydrogens is 268 g/mol. The monoisotopic (exact) mass is 290 g/mol. The van der Waals surface area contributed by atoms with Gasteiger partial charge in [-0.3, -0.25) is 0 Å². The predicted octanol–water partition coefficient (Wildman–Crippen LogP) is 3.53. The Morgan fingerprint density at radius 3 is 2.79 bits per heavy atom. The van der Waals surface area contributed by atoms with Crippen molar-refractivity contribution in [1.29, 1.82) is 0 Å². The van der Waals surface area contributed by atoms with Gasteiger partial charge in [-0.15, -0.1) is 6.58 Å². The first-order valence-electron chi connectivity index (χ1n) is 6.29. The molecule has 4 heteroatoms. The average molecular weight is 290 g/mol. The van der Waals surface area contributed by atoms with Crippen LogP contribution in [-0.2, 0) is 6.42 Å². The standard InChI is InChI=1S/C15H20O3.Ca.2H/c1-3-5-6-11-18-14-12(8-4-2)9-7-10-13(14)15(16)17;;;/h4,7,9-10H,2-3,5-6,8,11H2,1H3,(H,16,17);;;/q;+2;2*-1. The van der Waals surface area contributed by atoms with Gasteiger partial charge in [0.2, 0.25) is 0 Å². The van der Waals surface area contributed by atoms with Crippen molar-refractivity contribution in [3.8, 4) is 5.75 Å². The second-order valence-corrected chi connectivity index (χ2v) is 4.15. The Labute approximate surface area is 147 Å². The van der Waals surface area contributed by atoms with E-state index >= 15 is 0 Å². The molecule has 0 heterocycles. The maximum atomic E-state index is 11.2. The minimum Gasteiger partial charge on any atom is -1.00 e. The van der Waals surface area contributed by atoms with E-state index in [1.165, 1.54) is 0 Å². The van der Waals surface area contributed by atoms with Gasteiger partial charge in [-0.2, -0.15) is 0 Å². The molecule has 19 heavy (non-hydrogen) atoms. The van der Waals surface area contributed by atoms with Gasteiger partial charge in [-0.1, -0.05) is 38.0 Å². The minimum atomic E-state index is -0.952. The quantitative estimate of drug-likeness (QED) is 0.452. The van der Waals surface area contributed by atoms with Crippen molar-refractivity contribution in [2.45, 2.75) is 32.6 Å². The zero-order chi connectivity index (χ0) is 13.4. The number of rotatable bonds is 8. The third-order valence-electron chi connectivity index (χ3n) is 2.69. The van der Waals surface area contributed by atoms with Crippen LogP contribution >= 0.6 is 0 Å². The van der Waals surface area contributed by atoms with Gasteiger partial charge in [-0.25, -0.2) is 4.79 Å². The van der Waals surface area contributed by atoms with Gasteiger partial charge < -0.3 is 12.7 Å². The summed E-state index contributed by atoms with van der Waals surface area (Å²) in [5.41, 5.74) is 1.10. The number of para-hydroxylation sites is 1. The number of carbonyl (C=O) groups is 1. The number of hydrogen-bond acceptors (Lipinski definition) is 2. The molecule has 0 spiro atoms. The molecule has 0 saturated carbocycles. The molecule has 1 rings (SSSR count). The van der Waals surface area contributed by atoms with Gasteiger partial charge in [-0.05, 0) is 24.5 Å². The van der Waals surface area contributed by atoms with Crippen molar-refractivity contribution < 1.29 is 17.5 Å². The molecule has 1 aromatic carbocycles. The molecular formula is C15H22CaO3. The van der Waals surface area contributed by atoms with Crippen molar-refractivity contribution in [2.75, 3.05) is 6.61 Å². The Kier molecular flexibility index (Phi) is 10.0. The third kappa shape index (κ3) is 5.98. The minimum absolute atomic E-state index is 0. The van der Waals surface area contributed by atoms with Crippen molar-refractivity contribution in [1.82, 2.24) is 0 Å². The topological polar surface area (TPSA) is 46.5 Å². The van der Waals surface area contributed by atoms with Gasteiger partial charge in [0, 0.05) is 0 Å². The zero-order valence-corrected chi connectivity index (χ0v) is 13.7. The number of hydrogen-bond donors (Lipinski definition) is 1. The molecule has 0 atom stereocenters. The summed E-state index contributed by atoms with van der Waals surface area (Å²) in [4.78, 5) is 11.2. The maximum absolute atomic E-state index is 11.2. The normalized spacial score (nSPS) is 9.53. The molecule has 0 aliphatic rings. The van der Waals surface area contributed by atoms with Crippen LogP contribution in [0.15, 0.2) is 30.9 Å². The van der Waals surface area contributed by atoms with Crippen LogP contribution in [-0.4, -0.2) is 55.4 Å². The van der Waals surface area contributed by atoms with E-state index < -0.39 is 5.97 Å². The molecule has 0 fully saturated rings. The number of aromatic carboxylic acids is 1. The molecule has 0 amide bonds. The fourth-order valence-corrected chi connectivity index (χ4v) is 1.77. The first-order chi connectivity index (χ1) is 8.70. The number of carboxylic acids is 1. The Morgan fingerprint density at radius 2 is 2.21 bits per heavy atom. The molecule has 0 unspecified atom stereocenters. The molecule has 0 aromatic heterocycles. The molecule has 0 bridgehead atoms. The van der Waals surface area contributed by atoms with Crippen molar-refractivity contribution in [2.24, 2.45) is 0 Å². The summed E-state index contributed by atoms with van der Waals surface area (Å²) in [7, 11) is 0. The van der Waals surface area contributed by atoms with Gasteiger partial charge >= 0.3 is 43.7 Å². The van der Waals surface area contributed by atoms with Crippen molar-refractivity contribution in [3.63, 3.8) is 0 Å². The zero-order valence-electron chi connectivity index (χ0n) is 13.5. The molecule has 0 saturated heterocycles. The second-order valence-electron chi connectivity index (χ2n) is 4.15. The van der Waals surface area contributed by atoms with Gasteiger partial charge in [0.25, 0.3) is 0 Å². The van der Waals surface area contributed by atoms with E-state index in [4.69, 9.17) is 9.84 Å². The van der Waals surface area contributed by atoms with E-state index in [0.29, 0.717) is 18.8 Å². The van der Waals surface area contributed by atoms with Gasteiger partial charge in [0.05, 0.1) is 6.61 Å². The smallest absolute Gasteiger partial charge is 1.00 e. The van der Waals surface area contributed by atoms with Crippen LogP contribution in [0.5, 0.6) is 5.75 Å². The van der Waals surface area contributed by atoms with Gasteiger partial charge in [0.1, 0.15) is 11.3 Å². The number of ether oxygens (including phenoxy) is 1. The Bertz CT molecular complexity index is 425. The first-order valence-corrected chi connectivity index (χ1v) is 6.29. The van der Waals surface area contributed by atoms with E-state index in [-0.39, 0.29) is 46.2 Å². The summed E-state index contributed by atoms with van der Waals surface area (Å²) in [5.74, 6) is -0.465. The fourth-order valence-electron chi connectivity index (χ4n) is 1.77. The van der Waals surface area contributed by atoms with E-state index in [1.807, 2.05) is 6.07 Å². The van der Waals surface area contributed by atoms with Crippen LogP contribution in [0.1, 0.15) is 45.0 Å². The molecule has 0 aliphatic heterocycles. The van der Waals surface area contributed by atoms with Crippen LogP contribution in [0.4, 0.5) is 0 Å². The van der Waals surface area contributed by atoms with Crippen LogP contribution in [0.3, 0.4) is 0 Å². The van der Waals surface area contributed by atoms with Crippen molar-refractivity contribution >= 4 is 43.7 Å². The number of unbranched alkanes of at least 4 members (excludes halogenated alkanes) is 2. The fraction of sp³-hybridized carbons (Fsp3) is 0.400. The second kappa shape index (κ2) is 10.3. The van der Waals surface area contributed by atoms with Crippen molar-refractivity contribution in [3.05, 3.63) is 42.0 Å². The predicted molar refractivity (Wildman–Crippen MR) is 80.3 cm³/mol. The molecule has 3 nitrogen and oxygen atoms in total. The SMILES string of the molecule is C=CCc1cccc(C(=O)O)c1OCCCCC.[Ca+2].[H-].[H-]. The summed E-state index contributed by atoms with van der Waals surface area (Å²) >= 11 is 0. The molecule has 1 aromatic rings. The molecule has 102 valence electrons. The molecule has 0 aliphatic carbocycles. The Hall–Kier alpha value is -0.510. The Balaban J connectivity index is -0.00000108. The largest absolute Gasteiger partial charge is 2.00 e. The van der Waals surface area contributed by atoms with E-state index in [0.717, 1.165) is 24.8 Å². The summed E-state index contributed by atoms with van der Waals surface area (Å²) in [5, 5.41) is 9.16. The summed E-state index contributed by atoms with van der Waals surface area (Å²) in [6.45, 7) is 6.36.